The van der Waals surface area contributed by atoms with Gasteiger partial charge in [-0.1, -0.05) is 24.8 Å². The largest absolute Gasteiger partial charge is 0.384 e. The minimum absolute atomic E-state index is 0.114. The van der Waals surface area contributed by atoms with Crippen LogP contribution in [-0.4, -0.2) is 24.0 Å². The van der Waals surface area contributed by atoms with Crippen LogP contribution in [0.15, 0.2) is 36.9 Å². The molecule has 3 nitrogen and oxygen atoms in total. The summed E-state index contributed by atoms with van der Waals surface area (Å²) in [5, 5.41) is 13.5. The normalized spacial score (nSPS) is 24.3. The Morgan fingerprint density at radius 2 is 2.38 bits per heavy atom. The Kier molecular flexibility index (Phi) is 2.90. The van der Waals surface area contributed by atoms with Crippen LogP contribution in [0.2, 0.25) is 0 Å². The zero-order valence-corrected chi connectivity index (χ0v) is 9.07. The van der Waals surface area contributed by atoms with Crippen LogP contribution in [0.4, 0.5) is 0 Å². The van der Waals surface area contributed by atoms with E-state index in [9.17, 15) is 9.90 Å². The number of carbonyl (C=O) groups is 1. The van der Waals surface area contributed by atoms with Crippen LogP contribution in [-0.2, 0) is 5.60 Å². The van der Waals surface area contributed by atoms with E-state index in [0.717, 1.165) is 12.1 Å². The van der Waals surface area contributed by atoms with E-state index in [1.807, 2.05) is 6.07 Å². The van der Waals surface area contributed by atoms with Crippen molar-refractivity contribution in [3.05, 3.63) is 48.0 Å². The van der Waals surface area contributed by atoms with Crippen LogP contribution in [0.1, 0.15) is 22.3 Å². The van der Waals surface area contributed by atoms with Crippen molar-refractivity contribution in [1.29, 1.82) is 0 Å². The number of aliphatic hydroxyl groups is 1. The van der Waals surface area contributed by atoms with Crippen LogP contribution in [0, 0.1) is 0 Å². The summed E-state index contributed by atoms with van der Waals surface area (Å²) < 4.78 is 0. The van der Waals surface area contributed by atoms with Crippen molar-refractivity contribution in [2.24, 2.45) is 0 Å². The summed E-state index contributed by atoms with van der Waals surface area (Å²) in [6.45, 7) is 4.80. The highest BCUT2D eigenvalue weighted by Crippen LogP contribution is 2.28. The van der Waals surface area contributed by atoms with Crippen molar-refractivity contribution >= 4 is 5.78 Å². The Hall–Kier alpha value is -1.45. The highest BCUT2D eigenvalue weighted by molar-refractivity contribution is 6.04. The van der Waals surface area contributed by atoms with Crippen LogP contribution >= 0.6 is 0 Å². The zero-order valence-electron chi connectivity index (χ0n) is 9.07. The maximum absolute atomic E-state index is 11.5. The fourth-order valence-corrected chi connectivity index (χ4v) is 2.00. The summed E-state index contributed by atoms with van der Waals surface area (Å²) in [5.74, 6) is -0.114. The second-order valence-corrected chi connectivity index (χ2v) is 4.11. The van der Waals surface area contributed by atoms with Crippen LogP contribution in [0.3, 0.4) is 0 Å². The summed E-state index contributed by atoms with van der Waals surface area (Å²) >= 11 is 0. The molecule has 0 aliphatic carbocycles. The third-order valence-corrected chi connectivity index (χ3v) is 3.00. The van der Waals surface area contributed by atoms with E-state index in [0.29, 0.717) is 18.5 Å². The Morgan fingerprint density at radius 3 is 3.00 bits per heavy atom. The summed E-state index contributed by atoms with van der Waals surface area (Å²) in [6.07, 6.45) is 1.97. The van der Waals surface area contributed by atoms with Crippen molar-refractivity contribution in [3.8, 4) is 0 Å². The molecule has 1 atom stereocenters. The summed E-state index contributed by atoms with van der Waals surface area (Å²) in [7, 11) is 0. The summed E-state index contributed by atoms with van der Waals surface area (Å²) in [5.41, 5.74) is 0.537. The third-order valence-electron chi connectivity index (χ3n) is 3.00. The van der Waals surface area contributed by atoms with Crippen LogP contribution < -0.4 is 5.32 Å². The van der Waals surface area contributed by atoms with Crippen molar-refractivity contribution in [1.82, 2.24) is 5.32 Å². The fraction of sp³-hybridized carbons (Fsp3) is 0.308. The van der Waals surface area contributed by atoms with Gasteiger partial charge in [-0.3, -0.25) is 4.79 Å². The van der Waals surface area contributed by atoms with Gasteiger partial charge in [0, 0.05) is 12.1 Å². The fourth-order valence-electron chi connectivity index (χ4n) is 2.00. The van der Waals surface area contributed by atoms with Gasteiger partial charge >= 0.3 is 0 Å². The Bertz CT molecular complexity index is 420. The van der Waals surface area contributed by atoms with E-state index < -0.39 is 5.60 Å². The maximum atomic E-state index is 11.5. The van der Waals surface area contributed by atoms with E-state index >= 15 is 0 Å². The number of benzene rings is 1. The lowest BCUT2D eigenvalue weighted by atomic mass is 9.91. The second kappa shape index (κ2) is 4.20. The SMILES string of the molecule is C=CC(=O)c1cccc(C2(O)CCNC2)c1. The first-order valence-electron chi connectivity index (χ1n) is 5.36. The molecule has 1 aromatic carbocycles. The van der Waals surface area contributed by atoms with E-state index in [4.69, 9.17) is 0 Å². The molecule has 2 rings (SSSR count). The average Bonchev–Trinajstić information content (AvgIpc) is 2.77. The highest BCUT2D eigenvalue weighted by Gasteiger charge is 2.33. The topological polar surface area (TPSA) is 49.3 Å². The first-order chi connectivity index (χ1) is 7.65. The molecule has 16 heavy (non-hydrogen) atoms. The van der Waals surface area contributed by atoms with E-state index in [-0.39, 0.29) is 5.78 Å². The van der Waals surface area contributed by atoms with Crippen LogP contribution in [0.25, 0.3) is 0 Å². The summed E-state index contributed by atoms with van der Waals surface area (Å²) in [6, 6.07) is 7.13. The zero-order chi connectivity index (χ0) is 11.6. The molecule has 1 fully saturated rings. The number of hydrogen-bond acceptors (Lipinski definition) is 3. The Labute approximate surface area is 94.8 Å². The predicted molar refractivity (Wildman–Crippen MR) is 62.4 cm³/mol. The molecule has 0 bridgehead atoms. The first kappa shape index (κ1) is 11.0. The maximum Gasteiger partial charge on any atom is 0.185 e. The molecule has 0 spiro atoms. The molecule has 1 aliphatic rings. The van der Waals surface area contributed by atoms with Gasteiger partial charge in [-0.25, -0.2) is 0 Å². The monoisotopic (exact) mass is 217 g/mol. The molecule has 84 valence electrons. The third kappa shape index (κ3) is 1.92. The minimum Gasteiger partial charge on any atom is -0.384 e. The standard InChI is InChI=1S/C13H15NO2/c1-2-12(15)10-4-3-5-11(8-10)13(16)6-7-14-9-13/h2-5,8,14,16H,1,6-7,9H2. The number of rotatable bonds is 3. The highest BCUT2D eigenvalue weighted by atomic mass is 16.3. The lowest BCUT2D eigenvalue weighted by molar-refractivity contribution is 0.0587. The molecular formula is C13H15NO2. The first-order valence-corrected chi connectivity index (χ1v) is 5.36. The number of carbonyl (C=O) groups excluding carboxylic acids is 1. The Morgan fingerprint density at radius 1 is 1.56 bits per heavy atom. The lowest BCUT2D eigenvalue weighted by Crippen LogP contribution is -2.28. The number of hydrogen-bond donors (Lipinski definition) is 2. The van der Waals surface area contributed by atoms with Crippen molar-refractivity contribution in [2.45, 2.75) is 12.0 Å². The molecule has 0 radical (unpaired) electrons. The molecule has 0 saturated carbocycles. The van der Waals surface area contributed by atoms with E-state index in [1.54, 1.807) is 18.2 Å². The minimum atomic E-state index is -0.836. The lowest BCUT2D eigenvalue weighted by Gasteiger charge is -2.22. The van der Waals surface area contributed by atoms with Crippen LogP contribution in [0.5, 0.6) is 0 Å². The number of allylic oxidation sites excluding steroid dienone is 1. The number of nitrogens with one attached hydrogen (secondary N) is 1. The van der Waals surface area contributed by atoms with Gasteiger partial charge in [0.15, 0.2) is 5.78 Å². The van der Waals surface area contributed by atoms with E-state index in [2.05, 4.69) is 11.9 Å². The Balaban J connectivity index is 2.35. The van der Waals surface area contributed by atoms with Crippen molar-refractivity contribution < 1.29 is 9.90 Å². The van der Waals surface area contributed by atoms with Crippen molar-refractivity contribution in [2.75, 3.05) is 13.1 Å². The molecule has 1 unspecified atom stereocenters. The second-order valence-electron chi connectivity index (χ2n) is 4.11. The smallest absolute Gasteiger partial charge is 0.185 e. The van der Waals surface area contributed by atoms with Gasteiger partial charge in [-0.15, -0.1) is 0 Å². The molecule has 0 aromatic heterocycles. The molecule has 1 aliphatic heterocycles. The summed E-state index contributed by atoms with van der Waals surface area (Å²) in [4.78, 5) is 11.5. The van der Waals surface area contributed by atoms with Gasteiger partial charge in [0.1, 0.15) is 5.60 Å². The average molecular weight is 217 g/mol. The van der Waals surface area contributed by atoms with E-state index in [1.165, 1.54) is 6.08 Å². The molecular weight excluding hydrogens is 202 g/mol. The predicted octanol–water partition coefficient (Wildman–Crippen LogP) is 1.24. The van der Waals surface area contributed by atoms with Gasteiger partial charge in [0.25, 0.3) is 0 Å². The molecule has 1 saturated heterocycles. The molecule has 2 N–H and O–H groups in total. The number of β-amino-alcohol motifs (C(OH)–C–C–N with tert-alkyl or cyclic N) is 1. The molecule has 1 heterocycles. The van der Waals surface area contributed by atoms with Gasteiger partial charge in [0.2, 0.25) is 0 Å². The van der Waals surface area contributed by atoms with Gasteiger partial charge in [-0.2, -0.15) is 0 Å². The van der Waals surface area contributed by atoms with Crippen molar-refractivity contribution in [3.63, 3.8) is 0 Å². The quantitative estimate of drug-likeness (QED) is 0.591. The molecule has 3 heteroatoms. The molecule has 0 amide bonds. The number of ketones is 1. The molecule has 1 aromatic rings. The van der Waals surface area contributed by atoms with Gasteiger partial charge in [0.05, 0.1) is 0 Å². The van der Waals surface area contributed by atoms with Gasteiger partial charge in [-0.05, 0) is 30.7 Å². The van der Waals surface area contributed by atoms with Gasteiger partial charge < -0.3 is 10.4 Å².